The predicted molar refractivity (Wildman–Crippen MR) is 434 cm³/mol. The van der Waals surface area contributed by atoms with E-state index in [1.165, 1.54) is 126 Å². The topological polar surface area (TPSA) is 53.5 Å². The summed E-state index contributed by atoms with van der Waals surface area (Å²) in [5.41, 5.74) is 19.9. The van der Waals surface area contributed by atoms with Crippen LogP contribution in [0, 0.1) is 0 Å². The molecule has 0 atom stereocenters. The molecule has 474 valence electrons. The molecule has 7 aromatic heterocycles. The fraction of sp³-hybridized carbons (Fsp3) is 0. The Morgan fingerprint density at radius 3 is 0.696 bits per heavy atom. The molecule has 6 nitrogen and oxygen atoms in total. The van der Waals surface area contributed by atoms with Crippen LogP contribution in [0.25, 0.3) is 211 Å². The van der Waals surface area contributed by atoms with E-state index in [1.807, 2.05) is 34.0 Å². The van der Waals surface area contributed by atoms with Gasteiger partial charge < -0.3 is 13.7 Å². The van der Waals surface area contributed by atoms with Crippen molar-refractivity contribution in [3.05, 3.63) is 328 Å². The summed E-state index contributed by atoms with van der Waals surface area (Å²) in [7, 11) is 0. The second-order valence-corrected chi connectivity index (χ2v) is 29.9. The summed E-state index contributed by atoms with van der Waals surface area (Å²) >= 11 is 5.58. The summed E-state index contributed by atoms with van der Waals surface area (Å²) < 4.78 is 15.0. The van der Waals surface area contributed by atoms with Crippen molar-refractivity contribution in [2.75, 3.05) is 0 Å². The molecule has 0 amide bonds. The van der Waals surface area contributed by atoms with E-state index in [0.29, 0.717) is 17.5 Å². The van der Waals surface area contributed by atoms with Crippen LogP contribution in [0.1, 0.15) is 0 Å². The van der Waals surface area contributed by atoms with Gasteiger partial charge in [-0.15, -0.1) is 34.0 Å². The molecule has 0 N–H and O–H groups in total. The molecule has 15 aromatic carbocycles. The molecule has 9 heteroatoms. The lowest BCUT2D eigenvalue weighted by Crippen LogP contribution is -2.01. The summed E-state index contributed by atoms with van der Waals surface area (Å²) in [6.45, 7) is 0. The number of nitrogens with zero attached hydrogens (tertiary/aromatic N) is 6. The highest BCUT2D eigenvalue weighted by molar-refractivity contribution is 7.26. The maximum Gasteiger partial charge on any atom is 0.164 e. The normalized spacial score (nSPS) is 12.1. The highest BCUT2D eigenvalue weighted by Gasteiger charge is 2.21. The van der Waals surface area contributed by atoms with Crippen LogP contribution < -0.4 is 0 Å². The Bertz CT molecular complexity index is 6550. The van der Waals surface area contributed by atoms with Gasteiger partial charge in [0.25, 0.3) is 0 Å². The molecule has 0 radical (unpaired) electrons. The zero-order valence-corrected chi connectivity index (χ0v) is 57.0. The zero-order chi connectivity index (χ0) is 66.7. The first-order chi connectivity index (χ1) is 50.5. The number of benzene rings is 15. The lowest BCUT2D eigenvalue weighted by molar-refractivity contribution is 1.07. The number of rotatable bonds is 9. The largest absolute Gasteiger partial charge is 0.309 e. The van der Waals surface area contributed by atoms with Crippen LogP contribution in [0.15, 0.2) is 328 Å². The highest BCUT2D eigenvalue weighted by Crippen LogP contribution is 2.44. The number of para-hydroxylation sites is 3. The fourth-order valence-electron chi connectivity index (χ4n) is 16.1. The number of fused-ring (bicyclic) bond motifs is 18. The van der Waals surface area contributed by atoms with Crippen LogP contribution >= 0.6 is 34.0 Å². The van der Waals surface area contributed by atoms with Crippen LogP contribution in [0.3, 0.4) is 0 Å². The van der Waals surface area contributed by atoms with Gasteiger partial charge in [-0.05, 0) is 197 Å². The Kier molecular flexibility index (Phi) is 12.6. The Balaban J connectivity index is 0.637. The van der Waals surface area contributed by atoms with Crippen LogP contribution in [-0.2, 0) is 0 Å². The molecule has 0 saturated heterocycles. The number of thiophene rings is 3. The second-order valence-electron chi connectivity index (χ2n) is 26.6. The first kappa shape index (κ1) is 57.3. The number of hydrogen-bond acceptors (Lipinski definition) is 6. The molecule has 0 saturated carbocycles. The minimum atomic E-state index is 0.589. The second kappa shape index (κ2) is 22.4. The van der Waals surface area contributed by atoms with Gasteiger partial charge in [0.05, 0.1) is 33.1 Å². The van der Waals surface area contributed by atoms with Crippen LogP contribution in [-0.4, -0.2) is 28.7 Å². The molecule has 22 aromatic rings. The third-order valence-electron chi connectivity index (χ3n) is 20.9. The minimum absolute atomic E-state index is 0.589. The standard InChI is InChI=1S/C93H54N6S3/c1-7-19-79-67(13-1)76-49-58(61-31-43-73-70-16-4-10-22-85(70)100-88(73)52-61)34-46-82(76)97(79)64-37-25-55(26-38-64)91-94-92(56-27-39-65(40-28-56)98-80-20-8-2-14-68(80)77-50-59(35-47-83(77)98)62-32-44-74-71-17-5-11-23-86(71)101-89(74)53-62)96-93(95-91)57-29-41-66(42-30-57)99-81-21-9-3-15-69(81)78-51-60(36-48-84(78)99)63-33-45-75-72-18-6-12-24-87(72)102-90(75)54-63/h1-54H. The van der Waals surface area contributed by atoms with Crippen LogP contribution in [0.5, 0.6) is 0 Å². The van der Waals surface area contributed by atoms with E-state index in [1.54, 1.807) is 0 Å². The summed E-state index contributed by atoms with van der Waals surface area (Å²) in [5, 5.41) is 15.1. The van der Waals surface area contributed by atoms with Crippen molar-refractivity contribution in [3.8, 4) is 84.6 Å². The van der Waals surface area contributed by atoms with E-state index in [2.05, 4.69) is 341 Å². The van der Waals surface area contributed by atoms with Crippen molar-refractivity contribution in [2.45, 2.75) is 0 Å². The lowest BCUT2D eigenvalue weighted by Gasteiger charge is -2.13. The lowest BCUT2D eigenvalue weighted by atomic mass is 10.0. The predicted octanol–water partition coefficient (Wildman–Crippen LogP) is 26.3. The van der Waals surface area contributed by atoms with Crippen molar-refractivity contribution < 1.29 is 0 Å². The molecule has 0 aliphatic rings. The van der Waals surface area contributed by atoms with Gasteiger partial charge >= 0.3 is 0 Å². The summed E-state index contributed by atoms with van der Waals surface area (Å²) in [5.74, 6) is 1.77. The highest BCUT2D eigenvalue weighted by atomic mass is 32.1. The van der Waals surface area contributed by atoms with Gasteiger partial charge in [-0.25, -0.2) is 15.0 Å². The van der Waals surface area contributed by atoms with Crippen molar-refractivity contribution in [3.63, 3.8) is 0 Å². The average molecular weight is 1350 g/mol. The maximum atomic E-state index is 5.37. The fourth-order valence-corrected chi connectivity index (χ4v) is 19.5. The number of aromatic nitrogens is 6. The Morgan fingerprint density at radius 1 is 0.167 bits per heavy atom. The van der Waals surface area contributed by atoms with Gasteiger partial charge in [0.1, 0.15) is 0 Å². The quantitative estimate of drug-likeness (QED) is 0.145. The van der Waals surface area contributed by atoms with E-state index in [0.717, 1.165) is 66.9 Å². The molecule has 22 rings (SSSR count). The van der Waals surface area contributed by atoms with Gasteiger partial charge in [0.2, 0.25) is 0 Å². The van der Waals surface area contributed by atoms with Gasteiger partial charge in [0, 0.05) is 127 Å². The Morgan fingerprint density at radius 2 is 0.392 bits per heavy atom. The summed E-state index contributed by atoms with van der Waals surface area (Å²) in [4.78, 5) is 16.1. The third kappa shape index (κ3) is 8.98. The van der Waals surface area contributed by atoms with Crippen LogP contribution in [0.2, 0.25) is 0 Å². The molecule has 0 fully saturated rings. The first-order valence-electron chi connectivity index (χ1n) is 34.4. The Labute approximate surface area is 596 Å². The molecule has 0 spiro atoms. The van der Waals surface area contributed by atoms with Gasteiger partial charge in [-0.1, -0.05) is 164 Å². The Hall–Kier alpha value is -12.6. The monoisotopic (exact) mass is 1350 g/mol. The van der Waals surface area contributed by atoms with Gasteiger partial charge in [-0.2, -0.15) is 0 Å². The minimum Gasteiger partial charge on any atom is -0.309 e. The van der Waals surface area contributed by atoms with E-state index >= 15 is 0 Å². The van der Waals surface area contributed by atoms with E-state index < -0.39 is 0 Å². The molecule has 7 heterocycles. The third-order valence-corrected chi connectivity index (χ3v) is 24.3. The van der Waals surface area contributed by atoms with Gasteiger partial charge in [0.15, 0.2) is 17.5 Å². The first-order valence-corrected chi connectivity index (χ1v) is 36.9. The summed E-state index contributed by atoms with van der Waals surface area (Å²) in [6.07, 6.45) is 0. The summed E-state index contributed by atoms with van der Waals surface area (Å²) in [6, 6.07) is 120. The molecule has 0 aliphatic heterocycles. The maximum absolute atomic E-state index is 5.37. The average Bonchev–Trinajstić information content (AvgIpc) is 1.60. The van der Waals surface area contributed by atoms with E-state index in [-0.39, 0.29) is 0 Å². The molecular weight excluding hydrogens is 1300 g/mol. The molecule has 102 heavy (non-hydrogen) atoms. The van der Waals surface area contributed by atoms with Gasteiger partial charge in [-0.3, -0.25) is 0 Å². The van der Waals surface area contributed by atoms with E-state index in [9.17, 15) is 0 Å². The van der Waals surface area contributed by atoms with E-state index in [4.69, 9.17) is 15.0 Å². The smallest absolute Gasteiger partial charge is 0.164 e. The molecular formula is C93H54N6S3. The molecule has 0 bridgehead atoms. The SMILES string of the molecule is c1ccc2c(c1)sc1cc(-c3ccc4c(c3)c3ccccc3n4-c3ccc(-c4nc(-c5ccc(-n6c7ccccc7c7cc(-c8ccc9c(c8)sc8ccccc89)ccc76)cc5)nc(-c5ccc(-n6c7ccccc7c7cc(-c8ccc9c(c8)sc8ccccc89)ccc76)cc5)n4)cc3)ccc12. The number of hydrogen-bond donors (Lipinski definition) is 0. The van der Waals surface area contributed by atoms with Crippen LogP contribution in [0.4, 0.5) is 0 Å². The molecule has 0 aliphatic carbocycles. The van der Waals surface area contributed by atoms with Crippen molar-refractivity contribution >= 4 is 160 Å². The van der Waals surface area contributed by atoms with Crippen molar-refractivity contribution in [1.29, 1.82) is 0 Å². The molecule has 0 unspecified atom stereocenters. The van der Waals surface area contributed by atoms with Crippen molar-refractivity contribution in [1.82, 2.24) is 28.7 Å². The zero-order valence-electron chi connectivity index (χ0n) is 54.6. The van der Waals surface area contributed by atoms with Crippen molar-refractivity contribution in [2.24, 2.45) is 0 Å².